The van der Waals surface area contributed by atoms with Crippen molar-refractivity contribution in [2.75, 3.05) is 14.1 Å². The fourth-order valence-electron chi connectivity index (χ4n) is 7.82. The Morgan fingerprint density at radius 3 is 2.10 bits per heavy atom. The molecule has 7 rings (SSSR count). The van der Waals surface area contributed by atoms with Gasteiger partial charge in [0.1, 0.15) is 24.5 Å². The number of nitrogens with zero attached hydrogens (tertiary/aromatic N) is 3. The molecule has 2 aromatic heterocycles. The molecule has 0 saturated heterocycles. The third-order valence-electron chi connectivity index (χ3n) is 11.3. The fourth-order valence-corrected chi connectivity index (χ4v) is 9.27. The smallest absolute Gasteiger partial charge is 0.265 e. The molecule has 10 nitrogen and oxygen atoms in total. The van der Waals surface area contributed by atoms with Crippen molar-refractivity contribution >= 4 is 25.6 Å². The number of carbonyl (C=O) groups excluding carboxylic acids is 2. The second-order valence-corrected chi connectivity index (χ2v) is 20.8. The van der Waals surface area contributed by atoms with E-state index in [1.54, 1.807) is 0 Å². The van der Waals surface area contributed by atoms with Crippen molar-refractivity contribution in [3.63, 3.8) is 0 Å². The van der Waals surface area contributed by atoms with Gasteiger partial charge >= 0.3 is 0 Å². The number of pyridine rings is 1. The summed E-state index contributed by atoms with van der Waals surface area (Å²) >= 11 is 0. The molecule has 3 aliphatic rings. The summed E-state index contributed by atoms with van der Waals surface area (Å²) in [6.07, 6.45) is 0.844. The number of rotatable bonds is 9. The highest BCUT2D eigenvalue weighted by Crippen LogP contribution is 2.59. The Bertz CT molecular complexity index is 2050. The summed E-state index contributed by atoms with van der Waals surface area (Å²) in [6, 6.07) is 20.7. The monoisotopic (exact) mass is 721 g/mol. The highest BCUT2D eigenvalue weighted by atomic mass is 28.4. The zero-order chi connectivity index (χ0) is 37.2. The molecule has 0 aliphatic heterocycles. The van der Waals surface area contributed by atoms with Crippen LogP contribution >= 0.6 is 0 Å². The van der Waals surface area contributed by atoms with Crippen LogP contribution in [0, 0.1) is 18.8 Å². The van der Waals surface area contributed by atoms with Crippen LogP contribution in [0.2, 0.25) is 18.1 Å². The van der Waals surface area contributed by atoms with E-state index in [-0.39, 0.29) is 46.9 Å². The highest BCUT2D eigenvalue weighted by Gasteiger charge is 2.68. The van der Waals surface area contributed by atoms with Gasteiger partial charge in [-0.2, -0.15) is 0 Å². The Morgan fingerprint density at radius 2 is 1.52 bits per heavy atom. The van der Waals surface area contributed by atoms with Crippen LogP contribution in [0.25, 0.3) is 5.76 Å². The standard InChI is InChI=1S/C41H47N3O7Si/c1-24-19-27-20-28-21-29-33(44(5)6)35-32(39(43-50-35)49-23-26-17-13-10-14-18-26)37(47)41(29,51-52(7,8)40(2,3)4)36(46)30(28)34(45)31(27)38(42-24)48-22-25-15-11-9-12-16-25/h9-19,28-29,33,45H,20-23H2,1-8H3/t28-,29-,33-,41-/m0/s1. The van der Waals surface area contributed by atoms with E-state index in [1.807, 2.05) is 106 Å². The molecule has 4 atom stereocenters. The lowest BCUT2D eigenvalue weighted by Gasteiger charge is -2.55. The number of aromatic nitrogens is 2. The summed E-state index contributed by atoms with van der Waals surface area (Å²) < 4.78 is 25.6. The van der Waals surface area contributed by atoms with Crippen molar-refractivity contribution in [1.82, 2.24) is 15.0 Å². The van der Waals surface area contributed by atoms with E-state index in [0.29, 0.717) is 24.2 Å². The predicted molar refractivity (Wildman–Crippen MR) is 199 cm³/mol. The van der Waals surface area contributed by atoms with Crippen LogP contribution in [0.1, 0.15) is 77.3 Å². The molecule has 272 valence electrons. The average Bonchev–Trinajstić information content (AvgIpc) is 3.51. The number of carbonyl (C=O) groups is 2. The Hall–Kier alpha value is -4.58. The van der Waals surface area contributed by atoms with Crippen molar-refractivity contribution in [2.45, 2.75) is 83.5 Å². The number of ether oxygens (including phenoxy) is 2. The fraction of sp³-hybridized carbons (Fsp3) is 0.415. The normalized spacial score (nSPS) is 22.8. The zero-order valence-corrected chi connectivity index (χ0v) is 32.1. The highest BCUT2D eigenvalue weighted by molar-refractivity contribution is 6.74. The van der Waals surface area contributed by atoms with Gasteiger partial charge in [0.05, 0.1) is 11.6 Å². The molecular weight excluding hydrogens is 675 g/mol. The second-order valence-electron chi connectivity index (χ2n) is 16.0. The molecule has 0 bridgehead atoms. The molecule has 1 N–H and O–H groups in total. The Balaban J connectivity index is 1.39. The molecule has 0 radical (unpaired) electrons. The van der Waals surface area contributed by atoms with Gasteiger partial charge in [-0.1, -0.05) is 81.4 Å². The van der Waals surface area contributed by atoms with E-state index in [9.17, 15) is 5.11 Å². The molecule has 0 unspecified atom stereocenters. The van der Waals surface area contributed by atoms with E-state index < -0.39 is 43.4 Å². The van der Waals surface area contributed by atoms with E-state index in [2.05, 4.69) is 30.9 Å². The molecule has 3 aliphatic carbocycles. The second kappa shape index (κ2) is 13.1. The third-order valence-corrected chi connectivity index (χ3v) is 15.8. The van der Waals surface area contributed by atoms with Crippen molar-refractivity contribution in [3.05, 3.63) is 112 Å². The van der Waals surface area contributed by atoms with Crippen molar-refractivity contribution in [1.29, 1.82) is 0 Å². The van der Waals surface area contributed by atoms with Crippen molar-refractivity contribution < 1.29 is 33.1 Å². The lowest BCUT2D eigenvalue weighted by atomic mass is 9.57. The van der Waals surface area contributed by atoms with Gasteiger partial charge < -0.3 is 23.5 Å². The molecular formula is C41H47N3O7Si. The van der Waals surface area contributed by atoms with E-state index in [0.717, 1.165) is 22.4 Å². The lowest BCUT2D eigenvalue weighted by molar-refractivity contribution is -0.140. The summed E-state index contributed by atoms with van der Waals surface area (Å²) in [5.41, 5.74) is 2.10. The first kappa shape index (κ1) is 35.8. The quantitative estimate of drug-likeness (QED) is 0.135. The van der Waals surface area contributed by atoms with Gasteiger partial charge in [-0.3, -0.25) is 14.5 Å². The maximum atomic E-state index is 15.6. The van der Waals surface area contributed by atoms with Gasteiger partial charge in [-0.25, -0.2) is 4.98 Å². The minimum absolute atomic E-state index is 0.0192. The zero-order valence-electron chi connectivity index (χ0n) is 31.1. The number of hydrogen-bond donors (Lipinski definition) is 1. The molecule has 1 saturated carbocycles. The Kier molecular flexibility index (Phi) is 9.04. The summed E-state index contributed by atoms with van der Waals surface area (Å²) in [6.45, 7) is 12.6. The lowest BCUT2D eigenvalue weighted by Crippen LogP contribution is -2.68. The van der Waals surface area contributed by atoms with Crippen molar-refractivity contribution in [3.8, 4) is 11.8 Å². The molecule has 0 spiro atoms. The molecule has 2 heterocycles. The predicted octanol–water partition coefficient (Wildman–Crippen LogP) is 7.83. The topological polar surface area (TPSA) is 124 Å². The van der Waals surface area contributed by atoms with Gasteiger partial charge in [0.25, 0.3) is 5.88 Å². The van der Waals surface area contributed by atoms with Crippen LogP contribution in [-0.4, -0.2) is 59.7 Å². The SMILES string of the molecule is Cc1cc2c(c(OCc3ccccc3)n1)C(O)=C1C(=O)[C@]3(O[Si](C)(C)C(C)(C)C)C(=O)c4c(OCc5ccccc5)noc4[C@@H](N(C)C)[C@@H]3C[C@@H]1C2. The number of aliphatic hydroxyl groups excluding tert-OH is 1. The minimum Gasteiger partial charge on any atom is -0.507 e. The maximum Gasteiger partial charge on any atom is 0.265 e. The van der Waals surface area contributed by atoms with Crippen LogP contribution in [-0.2, 0) is 28.9 Å². The molecule has 11 heteroatoms. The number of ketones is 2. The van der Waals surface area contributed by atoms with Crippen LogP contribution in [0.5, 0.6) is 11.8 Å². The molecule has 0 amide bonds. The number of benzene rings is 2. The third kappa shape index (κ3) is 5.88. The maximum absolute atomic E-state index is 15.6. The number of hydrogen-bond acceptors (Lipinski definition) is 10. The molecule has 52 heavy (non-hydrogen) atoms. The van der Waals surface area contributed by atoms with Crippen LogP contribution in [0.4, 0.5) is 0 Å². The van der Waals surface area contributed by atoms with Gasteiger partial charge in [0.2, 0.25) is 17.4 Å². The van der Waals surface area contributed by atoms with Gasteiger partial charge in [-0.15, -0.1) is 0 Å². The summed E-state index contributed by atoms with van der Waals surface area (Å²) in [7, 11) is 0.953. The number of aliphatic hydroxyl groups is 1. The largest absolute Gasteiger partial charge is 0.507 e. The van der Waals surface area contributed by atoms with E-state index in [1.165, 1.54) is 0 Å². The minimum atomic E-state index is -2.86. The molecule has 4 aromatic rings. The van der Waals surface area contributed by atoms with Crippen LogP contribution in [0.15, 0.2) is 76.8 Å². The van der Waals surface area contributed by atoms with Gasteiger partial charge in [0.15, 0.2) is 19.7 Å². The average molecular weight is 722 g/mol. The van der Waals surface area contributed by atoms with Crippen LogP contribution < -0.4 is 9.47 Å². The first-order valence-corrected chi connectivity index (χ1v) is 20.8. The number of aryl methyl sites for hydroxylation is 1. The first-order chi connectivity index (χ1) is 24.6. The number of fused-ring (bicyclic) bond motifs is 4. The molecule has 2 aromatic carbocycles. The number of Topliss-reactive ketones (excluding diaryl/α,β-unsaturated/α-hetero) is 2. The summed E-state index contributed by atoms with van der Waals surface area (Å²) in [5, 5.41) is 16.2. The summed E-state index contributed by atoms with van der Waals surface area (Å²) in [5.74, 6) is -1.70. The van der Waals surface area contributed by atoms with E-state index >= 15 is 9.59 Å². The van der Waals surface area contributed by atoms with E-state index in [4.69, 9.17) is 18.4 Å². The first-order valence-electron chi connectivity index (χ1n) is 17.9. The summed E-state index contributed by atoms with van der Waals surface area (Å²) in [4.78, 5) is 37.6. The van der Waals surface area contributed by atoms with Gasteiger partial charge in [0, 0.05) is 17.2 Å². The van der Waals surface area contributed by atoms with Crippen LogP contribution in [0.3, 0.4) is 0 Å². The Labute approximate surface area is 305 Å². The Morgan fingerprint density at radius 1 is 0.923 bits per heavy atom. The molecule has 1 fully saturated rings. The van der Waals surface area contributed by atoms with Crippen molar-refractivity contribution in [2.24, 2.45) is 11.8 Å². The van der Waals surface area contributed by atoms with Gasteiger partial charge in [-0.05, 0) is 85.8 Å².